The Kier molecular flexibility index (Phi) is 4.74. The van der Waals surface area contributed by atoms with Gasteiger partial charge < -0.3 is 4.74 Å². The molecular weight excluding hydrogens is 260 g/mol. The van der Waals surface area contributed by atoms with E-state index < -0.39 is 0 Å². The number of rotatable bonds is 5. The molecule has 0 saturated carbocycles. The Morgan fingerprint density at radius 3 is 2.47 bits per heavy atom. The van der Waals surface area contributed by atoms with Crippen LogP contribution >= 0.6 is 11.6 Å². The van der Waals surface area contributed by atoms with E-state index in [1.807, 2.05) is 12.1 Å². The van der Waals surface area contributed by atoms with Gasteiger partial charge in [-0.05, 0) is 30.5 Å². The Hall–Kier alpha value is -1.61. The van der Waals surface area contributed by atoms with Crippen LogP contribution in [0.3, 0.4) is 0 Å². The maximum Gasteiger partial charge on any atom is 0.226 e. The van der Waals surface area contributed by atoms with Gasteiger partial charge in [0.05, 0.1) is 5.56 Å². The number of nitrogens with zero attached hydrogens (tertiary/aromatic N) is 2. The van der Waals surface area contributed by atoms with E-state index in [0.717, 1.165) is 30.6 Å². The lowest BCUT2D eigenvalue weighted by Gasteiger charge is -2.10. The van der Waals surface area contributed by atoms with Gasteiger partial charge in [-0.3, -0.25) is 0 Å². The fourth-order valence-electron chi connectivity index (χ4n) is 1.83. The van der Waals surface area contributed by atoms with Gasteiger partial charge in [-0.1, -0.05) is 44.0 Å². The van der Waals surface area contributed by atoms with Gasteiger partial charge in [-0.25, -0.2) is 9.97 Å². The molecule has 1 aromatic carbocycles. The topological polar surface area (TPSA) is 35.0 Å². The summed E-state index contributed by atoms with van der Waals surface area (Å²) < 4.78 is 5.81. The summed E-state index contributed by atoms with van der Waals surface area (Å²) in [5, 5.41) is 0.469. The number of aromatic nitrogens is 2. The molecule has 0 fully saturated rings. The molecule has 1 aromatic heterocycles. The zero-order valence-electron chi connectivity index (χ0n) is 11.2. The molecule has 19 heavy (non-hydrogen) atoms. The quantitative estimate of drug-likeness (QED) is 0.758. The average Bonchev–Trinajstić information content (AvgIpc) is 2.43. The van der Waals surface area contributed by atoms with Crippen molar-refractivity contribution in [1.29, 1.82) is 0 Å². The normalized spacial score (nSPS) is 10.5. The largest absolute Gasteiger partial charge is 0.439 e. The molecular formula is C15H17ClN2O. The maximum absolute atomic E-state index is 6.09. The molecule has 0 spiro atoms. The second kappa shape index (κ2) is 6.53. The molecule has 1 heterocycles. The molecule has 0 aliphatic rings. The second-order valence-electron chi connectivity index (χ2n) is 4.30. The monoisotopic (exact) mass is 276 g/mol. The van der Waals surface area contributed by atoms with Gasteiger partial charge in [-0.15, -0.1) is 0 Å². The lowest BCUT2D eigenvalue weighted by atomic mass is 10.2. The molecule has 0 radical (unpaired) electrons. The minimum absolute atomic E-state index is 0.469. The van der Waals surface area contributed by atoms with Gasteiger partial charge in [0.15, 0.2) is 0 Å². The Balaban J connectivity index is 2.24. The average molecular weight is 277 g/mol. The molecule has 100 valence electrons. The van der Waals surface area contributed by atoms with Crippen LogP contribution in [-0.2, 0) is 12.8 Å². The van der Waals surface area contributed by atoms with Gasteiger partial charge in [0.25, 0.3) is 0 Å². The van der Waals surface area contributed by atoms with Crippen molar-refractivity contribution in [2.45, 2.75) is 33.1 Å². The van der Waals surface area contributed by atoms with E-state index in [2.05, 4.69) is 35.9 Å². The summed E-state index contributed by atoms with van der Waals surface area (Å²) in [4.78, 5) is 8.18. The van der Waals surface area contributed by atoms with Crippen molar-refractivity contribution in [3.05, 3.63) is 46.9 Å². The van der Waals surface area contributed by atoms with Crippen molar-refractivity contribution in [2.24, 2.45) is 0 Å². The number of ether oxygens (including phenoxy) is 1. The first kappa shape index (κ1) is 13.8. The second-order valence-corrected chi connectivity index (χ2v) is 4.66. The van der Waals surface area contributed by atoms with Crippen LogP contribution in [0.1, 0.15) is 31.4 Å². The molecule has 4 heteroatoms. The number of aryl methyl sites for hydroxylation is 1. The summed E-state index contributed by atoms with van der Waals surface area (Å²) in [6.07, 6.45) is 4.22. The lowest BCUT2D eigenvalue weighted by molar-refractivity contribution is 0.454. The Morgan fingerprint density at radius 2 is 1.84 bits per heavy atom. The van der Waals surface area contributed by atoms with Crippen LogP contribution in [0, 0.1) is 0 Å². The Bertz CT molecular complexity index is 540. The van der Waals surface area contributed by atoms with Crippen molar-refractivity contribution in [1.82, 2.24) is 9.97 Å². The highest BCUT2D eigenvalue weighted by Gasteiger charge is 2.11. The van der Waals surface area contributed by atoms with Crippen LogP contribution in [0.5, 0.6) is 11.6 Å². The molecule has 2 aromatic rings. The summed E-state index contributed by atoms with van der Waals surface area (Å²) in [6, 6.07) is 8.00. The van der Waals surface area contributed by atoms with Gasteiger partial charge >= 0.3 is 0 Å². The molecule has 0 atom stereocenters. The first-order valence-electron chi connectivity index (χ1n) is 6.50. The van der Waals surface area contributed by atoms with E-state index in [0.29, 0.717) is 11.0 Å². The van der Waals surface area contributed by atoms with Crippen LogP contribution in [-0.4, -0.2) is 9.97 Å². The van der Waals surface area contributed by atoms with Gasteiger partial charge in [0, 0.05) is 0 Å². The molecule has 0 aliphatic heterocycles. The third-order valence-electron chi connectivity index (χ3n) is 2.90. The fraction of sp³-hybridized carbons (Fsp3) is 0.333. The van der Waals surface area contributed by atoms with E-state index in [1.165, 1.54) is 11.9 Å². The number of hydrogen-bond acceptors (Lipinski definition) is 3. The van der Waals surface area contributed by atoms with Crippen molar-refractivity contribution >= 4 is 11.6 Å². The molecule has 0 N–H and O–H groups in total. The molecule has 3 nitrogen and oxygen atoms in total. The Morgan fingerprint density at radius 1 is 1.11 bits per heavy atom. The molecule has 0 amide bonds. The number of benzene rings is 1. The summed E-state index contributed by atoms with van der Waals surface area (Å²) in [5.74, 6) is 1.32. The zero-order valence-corrected chi connectivity index (χ0v) is 11.9. The van der Waals surface area contributed by atoms with Crippen molar-refractivity contribution < 1.29 is 4.74 Å². The van der Waals surface area contributed by atoms with E-state index in [4.69, 9.17) is 16.3 Å². The first-order valence-corrected chi connectivity index (χ1v) is 6.88. The van der Waals surface area contributed by atoms with E-state index in [1.54, 1.807) is 0 Å². The predicted molar refractivity (Wildman–Crippen MR) is 76.9 cm³/mol. The van der Waals surface area contributed by atoms with Crippen molar-refractivity contribution in [2.75, 3.05) is 0 Å². The fourth-order valence-corrected chi connectivity index (χ4v) is 2.05. The van der Waals surface area contributed by atoms with Crippen LogP contribution in [0.15, 0.2) is 30.6 Å². The van der Waals surface area contributed by atoms with Gasteiger partial charge in [-0.2, -0.15) is 0 Å². The maximum atomic E-state index is 6.09. The minimum Gasteiger partial charge on any atom is -0.439 e. The summed E-state index contributed by atoms with van der Waals surface area (Å²) in [5.41, 5.74) is 2.15. The lowest BCUT2D eigenvalue weighted by Crippen LogP contribution is -1.97. The SMILES string of the molecule is CCCc1c(Cl)ncnc1Oc1ccc(CC)cc1. The predicted octanol–water partition coefficient (Wildman–Crippen LogP) is 4.44. The van der Waals surface area contributed by atoms with Crippen LogP contribution in [0.25, 0.3) is 0 Å². The summed E-state index contributed by atoms with van der Waals surface area (Å²) >= 11 is 6.09. The molecule has 0 unspecified atom stereocenters. The minimum atomic E-state index is 0.469. The number of halogens is 1. The van der Waals surface area contributed by atoms with Crippen LogP contribution in [0.4, 0.5) is 0 Å². The first-order chi connectivity index (χ1) is 9.24. The highest BCUT2D eigenvalue weighted by Crippen LogP contribution is 2.28. The highest BCUT2D eigenvalue weighted by molar-refractivity contribution is 6.30. The van der Waals surface area contributed by atoms with E-state index in [-0.39, 0.29) is 0 Å². The third kappa shape index (κ3) is 3.44. The summed E-state index contributed by atoms with van der Waals surface area (Å²) in [7, 11) is 0. The molecule has 0 saturated heterocycles. The van der Waals surface area contributed by atoms with Crippen LogP contribution < -0.4 is 4.74 Å². The van der Waals surface area contributed by atoms with E-state index >= 15 is 0 Å². The molecule has 0 aliphatic carbocycles. The van der Waals surface area contributed by atoms with E-state index in [9.17, 15) is 0 Å². The van der Waals surface area contributed by atoms with Crippen molar-refractivity contribution in [3.8, 4) is 11.6 Å². The smallest absolute Gasteiger partial charge is 0.226 e. The van der Waals surface area contributed by atoms with Gasteiger partial charge in [0.1, 0.15) is 17.2 Å². The molecule has 0 bridgehead atoms. The van der Waals surface area contributed by atoms with Crippen LogP contribution in [0.2, 0.25) is 5.15 Å². The summed E-state index contributed by atoms with van der Waals surface area (Å²) in [6.45, 7) is 4.21. The third-order valence-corrected chi connectivity index (χ3v) is 3.23. The Labute approximate surface area is 118 Å². The highest BCUT2D eigenvalue weighted by atomic mass is 35.5. The molecule has 2 rings (SSSR count). The zero-order chi connectivity index (χ0) is 13.7. The van der Waals surface area contributed by atoms with Gasteiger partial charge in [0.2, 0.25) is 5.88 Å². The van der Waals surface area contributed by atoms with Crippen molar-refractivity contribution in [3.63, 3.8) is 0 Å². The number of hydrogen-bond donors (Lipinski definition) is 0. The standard InChI is InChI=1S/C15H17ClN2O/c1-3-5-13-14(16)17-10-18-15(13)19-12-8-6-11(4-2)7-9-12/h6-10H,3-5H2,1-2H3.